The summed E-state index contributed by atoms with van der Waals surface area (Å²) in [6.45, 7) is 0. The molecule has 0 aliphatic carbocycles. The second-order valence-electron chi connectivity index (χ2n) is 1.75. The SMILES string of the molecule is O=C/C=C\C1CC(=O)O1. The van der Waals surface area contributed by atoms with Gasteiger partial charge in [-0.05, 0) is 12.2 Å². The van der Waals surface area contributed by atoms with Crippen molar-refractivity contribution in [2.24, 2.45) is 0 Å². The first kappa shape index (κ1) is 6.01. The summed E-state index contributed by atoms with van der Waals surface area (Å²) in [6, 6.07) is 0. The number of carbonyl (C=O) groups excluding carboxylic acids is 2. The minimum Gasteiger partial charge on any atom is -0.457 e. The molecule has 1 rings (SSSR count). The normalized spacial score (nSPS) is 25.3. The minimum absolute atomic E-state index is 0.150. The summed E-state index contributed by atoms with van der Waals surface area (Å²) in [6.07, 6.45) is 3.81. The van der Waals surface area contributed by atoms with E-state index in [1.807, 2.05) is 0 Å². The Bertz CT molecular complexity index is 152. The Labute approximate surface area is 52.3 Å². The van der Waals surface area contributed by atoms with E-state index in [4.69, 9.17) is 0 Å². The Kier molecular flexibility index (Phi) is 1.63. The Morgan fingerprint density at radius 3 is 2.78 bits per heavy atom. The Balaban J connectivity index is 2.24. The van der Waals surface area contributed by atoms with Gasteiger partial charge in [0.2, 0.25) is 0 Å². The van der Waals surface area contributed by atoms with Crippen LogP contribution in [0.5, 0.6) is 0 Å². The van der Waals surface area contributed by atoms with Crippen molar-refractivity contribution in [2.45, 2.75) is 12.5 Å². The van der Waals surface area contributed by atoms with Crippen LogP contribution >= 0.6 is 0 Å². The average molecular weight is 126 g/mol. The monoisotopic (exact) mass is 126 g/mol. The van der Waals surface area contributed by atoms with Crippen molar-refractivity contribution in [1.82, 2.24) is 0 Å². The van der Waals surface area contributed by atoms with Crippen LogP contribution in [0.1, 0.15) is 6.42 Å². The van der Waals surface area contributed by atoms with Gasteiger partial charge in [0.25, 0.3) is 0 Å². The van der Waals surface area contributed by atoms with E-state index in [1.165, 1.54) is 6.08 Å². The zero-order valence-electron chi connectivity index (χ0n) is 4.74. The first-order valence-electron chi connectivity index (χ1n) is 2.64. The van der Waals surface area contributed by atoms with E-state index in [0.717, 1.165) is 0 Å². The van der Waals surface area contributed by atoms with Crippen LogP contribution in [0.15, 0.2) is 12.2 Å². The van der Waals surface area contributed by atoms with Gasteiger partial charge in [0.05, 0.1) is 6.42 Å². The quantitative estimate of drug-likeness (QED) is 0.298. The highest BCUT2D eigenvalue weighted by molar-refractivity contribution is 5.76. The van der Waals surface area contributed by atoms with Crippen molar-refractivity contribution in [1.29, 1.82) is 0 Å². The second-order valence-corrected chi connectivity index (χ2v) is 1.75. The molecule has 9 heavy (non-hydrogen) atoms. The van der Waals surface area contributed by atoms with Crippen LogP contribution < -0.4 is 0 Å². The van der Waals surface area contributed by atoms with Gasteiger partial charge in [0.1, 0.15) is 12.4 Å². The molecule has 0 saturated carbocycles. The van der Waals surface area contributed by atoms with Gasteiger partial charge in [0.15, 0.2) is 0 Å². The van der Waals surface area contributed by atoms with E-state index in [9.17, 15) is 9.59 Å². The van der Waals surface area contributed by atoms with E-state index in [1.54, 1.807) is 6.08 Å². The van der Waals surface area contributed by atoms with E-state index in [-0.39, 0.29) is 12.1 Å². The molecule has 1 fully saturated rings. The third kappa shape index (κ3) is 1.38. The van der Waals surface area contributed by atoms with Gasteiger partial charge in [-0.3, -0.25) is 9.59 Å². The maximum Gasteiger partial charge on any atom is 0.310 e. The Morgan fingerprint density at radius 1 is 1.67 bits per heavy atom. The molecule has 3 heteroatoms. The second kappa shape index (κ2) is 2.44. The summed E-state index contributed by atoms with van der Waals surface area (Å²) < 4.78 is 4.56. The summed E-state index contributed by atoms with van der Waals surface area (Å²) in [5.74, 6) is -0.199. The maximum absolute atomic E-state index is 10.1. The lowest BCUT2D eigenvalue weighted by Crippen LogP contribution is -2.30. The van der Waals surface area contributed by atoms with Crippen LogP contribution in [-0.4, -0.2) is 18.4 Å². The van der Waals surface area contributed by atoms with Gasteiger partial charge in [-0.1, -0.05) is 0 Å². The van der Waals surface area contributed by atoms with Crippen LogP contribution in [0.2, 0.25) is 0 Å². The van der Waals surface area contributed by atoms with Crippen molar-refractivity contribution >= 4 is 12.3 Å². The molecule has 0 radical (unpaired) electrons. The molecule has 3 nitrogen and oxygen atoms in total. The zero-order chi connectivity index (χ0) is 6.69. The Hall–Kier alpha value is -1.12. The third-order valence-electron chi connectivity index (χ3n) is 1.06. The van der Waals surface area contributed by atoms with E-state index >= 15 is 0 Å². The molecular weight excluding hydrogens is 120 g/mol. The maximum atomic E-state index is 10.1. The van der Waals surface area contributed by atoms with Gasteiger partial charge < -0.3 is 4.74 Å². The molecule has 0 amide bonds. The van der Waals surface area contributed by atoms with Crippen molar-refractivity contribution in [2.75, 3.05) is 0 Å². The van der Waals surface area contributed by atoms with E-state index in [2.05, 4.69) is 4.74 Å². The third-order valence-corrected chi connectivity index (χ3v) is 1.06. The fraction of sp³-hybridized carbons (Fsp3) is 0.333. The largest absolute Gasteiger partial charge is 0.457 e. The Morgan fingerprint density at radius 2 is 2.33 bits per heavy atom. The molecule has 1 atom stereocenters. The lowest BCUT2D eigenvalue weighted by Gasteiger charge is -2.21. The molecule has 0 spiro atoms. The number of cyclic esters (lactones) is 1. The van der Waals surface area contributed by atoms with Crippen molar-refractivity contribution in [3.63, 3.8) is 0 Å². The number of allylic oxidation sites excluding steroid dienone is 1. The molecule has 1 aliphatic heterocycles. The van der Waals surface area contributed by atoms with Crippen molar-refractivity contribution in [3.8, 4) is 0 Å². The smallest absolute Gasteiger partial charge is 0.310 e. The number of hydrogen-bond donors (Lipinski definition) is 0. The molecule has 1 saturated heterocycles. The molecule has 1 aliphatic rings. The fourth-order valence-electron chi connectivity index (χ4n) is 0.600. The van der Waals surface area contributed by atoms with Crippen molar-refractivity contribution < 1.29 is 14.3 Å². The molecule has 1 unspecified atom stereocenters. The van der Waals surface area contributed by atoms with Gasteiger partial charge in [-0.2, -0.15) is 0 Å². The number of aldehydes is 1. The summed E-state index contributed by atoms with van der Waals surface area (Å²) in [7, 11) is 0. The number of carbonyl (C=O) groups is 2. The molecule has 0 aromatic carbocycles. The predicted molar refractivity (Wildman–Crippen MR) is 29.7 cm³/mol. The van der Waals surface area contributed by atoms with Gasteiger partial charge in [0, 0.05) is 0 Å². The van der Waals surface area contributed by atoms with Crippen LogP contribution in [0.4, 0.5) is 0 Å². The van der Waals surface area contributed by atoms with Gasteiger partial charge >= 0.3 is 5.97 Å². The van der Waals surface area contributed by atoms with Crippen molar-refractivity contribution in [3.05, 3.63) is 12.2 Å². The first-order valence-corrected chi connectivity index (χ1v) is 2.64. The number of esters is 1. The van der Waals surface area contributed by atoms with Crippen LogP contribution in [0, 0.1) is 0 Å². The van der Waals surface area contributed by atoms with E-state index in [0.29, 0.717) is 12.7 Å². The van der Waals surface area contributed by atoms with Gasteiger partial charge in [-0.15, -0.1) is 0 Å². The summed E-state index contributed by atoms with van der Waals surface area (Å²) in [5.41, 5.74) is 0. The summed E-state index contributed by atoms with van der Waals surface area (Å²) in [4.78, 5) is 19.8. The molecule has 0 N–H and O–H groups in total. The van der Waals surface area contributed by atoms with Crippen LogP contribution in [-0.2, 0) is 14.3 Å². The first-order chi connectivity index (χ1) is 4.33. The molecule has 0 aromatic rings. The standard InChI is InChI=1S/C6H6O3/c7-3-1-2-5-4-6(8)9-5/h1-3,5H,4H2/b2-1-. The molecule has 48 valence electrons. The topological polar surface area (TPSA) is 43.4 Å². The van der Waals surface area contributed by atoms with Gasteiger partial charge in [-0.25, -0.2) is 0 Å². The molecule has 0 bridgehead atoms. The zero-order valence-corrected chi connectivity index (χ0v) is 4.74. The molecule has 1 heterocycles. The highest BCUT2D eigenvalue weighted by Gasteiger charge is 2.24. The number of hydrogen-bond acceptors (Lipinski definition) is 3. The number of rotatable bonds is 2. The lowest BCUT2D eigenvalue weighted by molar-refractivity contribution is -0.164. The predicted octanol–water partition coefficient (Wildman–Crippen LogP) is 0.0570. The van der Waals surface area contributed by atoms with Crippen LogP contribution in [0.3, 0.4) is 0 Å². The minimum atomic E-state index is -0.199. The van der Waals surface area contributed by atoms with E-state index < -0.39 is 0 Å². The highest BCUT2D eigenvalue weighted by Crippen LogP contribution is 2.13. The fourth-order valence-corrected chi connectivity index (χ4v) is 0.600. The van der Waals surface area contributed by atoms with Crippen LogP contribution in [0.25, 0.3) is 0 Å². The summed E-state index contributed by atoms with van der Waals surface area (Å²) >= 11 is 0. The summed E-state index contributed by atoms with van der Waals surface area (Å²) in [5, 5.41) is 0. The number of ether oxygens (including phenoxy) is 1. The highest BCUT2D eigenvalue weighted by atomic mass is 16.6. The lowest BCUT2D eigenvalue weighted by atomic mass is 10.2. The molecular formula is C6H6O3. The molecule has 0 aromatic heterocycles. The average Bonchev–Trinajstić information content (AvgIpc) is 1.78.